The van der Waals surface area contributed by atoms with Crippen LogP contribution in [0.15, 0.2) is 59.6 Å². The van der Waals surface area contributed by atoms with E-state index >= 15 is 0 Å². The molecule has 0 saturated heterocycles. The van der Waals surface area contributed by atoms with Crippen LogP contribution in [0.25, 0.3) is 5.57 Å². The van der Waals surface area contributed by atoms with Crippen LogP contribution >= 0.6 is 11.3 Å². The highest BCUT2D eigenvalue weighted by atomic mass is 32.1. The van der Waals surface area contributed by atoms with Crippen LogP contribution in [0, 0.1) is 13.8 Å². The van der Waals surface area contributed by atoms with Crippen molar-refractivity contribution in [2.45, 2.75) is 13.8 Å². The molecule has 6 nitrogen and oxygen atoms in total. The van der Waals surface area contributed by atoms with Gasteiger partial charge in [0.1, 0.15) is 17.2 Å². The van der Waals surface area contributed by atoms with Crippen molar-refractivity contribution in [3.8, 4) is 11.5 Å². The van der Waals surface area contributed by atoms with Gasteiger partial charge in [-0.25, -0.2) is 4.90 Å². The molecular formula is C24H22N2O4S. The highest BCUT2D eigenvalue weighted by molar-refractivity contribution is 7.11. The molecular weight excluding hydrogens is 412 g/mol. The second-order valence-electron chi connectivity index (χ2n) is 7.08. The number of imide groups is 1. The number of aryl methyl sites for hydroxylation is 1. The Bertz CT molecular complexity index is 1200. The number of benzene rings is 2. The minimum Gasteiger partial charge on any atom is -0.497 e. The van der Waals surface area contributed by atoms with Crippen LogP contribution in [0.3, 0.4) is 0 Å². The van der Waals surface area contributed by atoms with E-state index in [1.54, 1.807) is 38.5 Å². The van der Waals surface area contributed by atoms with E-state index in [4.69, 9.17) is 9.47 Å². The van der Waals surface area contributed by atoms with E-state index < -0.39 is 5.91 Å². The minimum absolute atomic E-state index is 0.219. The number of nitrogens with zero attached hydrogens (tertiary/aromatic N) is 1. The second-order valence-corrected chi connectivity index (χ2v) is 8.03. The third-order valence-electron chi connectivity index (χ3n) is 5.34. The van der Waals surface area contributed by atoms with Crippen LogP contribution in [0.2, 0.25) is 0 Å². The molecule has 2 aromatic carbocycles. The van der Waals surface area contributed by atoms with Crippen LogP contribution in [0.4, 0.5) is 11.4 Å². The van der Waals surface area contributed by atoms with Gasteiger partial charge in [0.2, 0.25) is 0 Å². The van der Waals surface area contributed by atoms with Gasteiger partial charge in [0.15, 0.2) is 0 Å². The molecule has 0 atom stereocenters. The molecule has 0 bridgehead atoms. The lowest BCUT2D eigenvalue weighted by atomic mass is 10.1. The predicted molar refractivity (Wildman–Crippen MR) is 123 cm³/mol. The Morgan fingerprint density at radius 1 is 0.935 bits per heavy atom. The summed E-state index contributed by atoms with van der Waals surface area (Å²) in [5, 5.41) is 5.04. The fourth-order valence-electron chi connectivity index (χ4n) is 3.53. The van der Waals surface area contributed by atoms with Gasteiger partial charge in [-0.15, -0.1) is 11.3 Å². The average Bonchev–Trinajstić information content (AvgIpc) is 3.37. The zero-order valence-electron chi connectivity index (χ0n) is 17.7. The first-order valence-corrected chi connectivity index (χ1v) is 10.6. The highest BCUT2D eigenvalue weighted by Gasteiger charge is 2.41. The van der Waals surface area contributed by atoms with Crippen LogP contribution in [0.5, 0.6) is 11.5 Å². The van der Waals surface area contributed by atoms with E-state index in [9.17, 15) is 9.59 Å². The number of nitrogens with one attached hydrogen (secondary N) is 1. The quantitative estimate of drug-likeness (QED) is 0.566. The predicted octanol–water partition coefficient (Wildman–Crippen LogP) is 4.78. The summed E-state index contributed by atoms with van der Waals surface area (Å²) in [5.74, 6) is 0.375. The number of hydrogen-bond donors (Lipinski definition) is 1. The third kappa shape index (κ3) is 3.57. The van der Waals surface area contributed by atoms with Gasteiger partial charge < -0.3 is 14.8 Å². The molecule has 0 unspecified atom stereocenters. The molecule has 1 N–H and O–H groups in total. The summed E-state index contributed by atoms with van der Waals surface area (Å²) in [6, 6.07) is 14.5. The summed E-state index contributed by atoms with van der Waals surface area (Å²) in [6.45, 7) is 3.87. The Hall–Kier alpha value is -3.58. The topological polar surface area (TPSA) is 67.9 Å². The van der Waals surface area contributed by atoms with Gasteiger partial charge in [-0.3, -0.25) is 9.59 Å². The Kier molecular flexibility index (Phi) is 5.52. The highest BCUT2D eigenvalue weighted by Crippen LogP contribution is 2.39. The Morgan fingerprint density at radius 2 is 1.74 bits per heavy atom. The zero-order chi connectivity index (χ0) is 22.1. The first-order valence-electron chi connectivity index (χ1n) is 9.68. The monoisotopic (exact) mass is 434 g/mol. The summed E-state index contributed by atoms with van der Waals surface area (Å²) in [7, 11) is 3.11. The van der Waals surface area contributed by atoms with Gasteiger partial charge in [0.05, 0.1) is 31.2 Å². The van der Waals surface area contributed by atoms with Crippen molar-refractivity contribution in [3.05, 3.63) is 75.6 Å². The van der Waals surface area contributed by atoms with Crippen molar-refractivity contribution in [2.75, 3.05) is 24.4 Å². The maximum absolute atomic E-state index is 13.5. The number of rotatable bonds is 6. The molecule has 7 heteroatoms. The lowest BCUT2D eigenvalue weighted by molar-refractivity contribution is -0.120. The van der Waals surface area contributed by atoms with E-state index in [2.05, 4.69) is 5.32 Å². The van der Waals surface area contributed by atoms with Crippen molar-refractivity contribution in [2.24, 2.45) is 0 Å². The summed E-state index contributed by atoms with van der Waals surface area (Å²) in [6.07, 6.45) is 0. The summed E-state index contributed by atoms with van der Waals surface area (Å²) >= 11 is 1.41. The fourth-order valence-corrected chi connectivity index (χ4v) is 4.30. The summed E-state index contributed by atoms with van der Waals surface area (Å²) < 4.78 is 10.7. The SMILES string of the molecule is COc1ccc(NC2=C(c3cccs3)C(=O)N(c3cccc(C)c3C)C2=O)c(OC)c1. The number of thiophene rings is 1. The van der Waals surface area contributed by atoms with Gasteiger partial charge in [-0.1, -0.05) is 18.2 Å². The van der Waals surface area contributed by atoms with Gasteiger partial charge in [-0.2, -0.15) is 0 Å². The zero-order valence-corrected chi connectivity index (χ0v) is 18.5. The van der Waals surface area contributed by atoms with E-state index in [1.807, 2.05) is 43.5 Å². The standard InChI is InChI=1S/C24H22N2O4S/c1-14-7-5-8-18(15(14)2)26-23(27)21(20-9-6-12-31-20)22(24(26)28)25-17-11-10-16(29-3)13-19(17)30-4/h5-13,25H,1-4H3. The molecule has 0 spiro atoms. The lowest BCUT2D eigenvalue weighted by Crippen LogP contribution is -2.33. The molecule has 3 aromatic rings. The maximum atomic E-state index is 13.5. The van der Waals surface area contributed by atoms with Crippen LogP contribution in [-0.4, -0.2) is 26.0 Å². The van der Waals surface area contributed by atoms with Gasteiger partial charge >= 0.3 is 0 Å². The molecule has 1 aliphatic heterocycles. The molecule has 0 radical (unpaired) electrons. The van der Waals surface area contributed by atoms with E-state index in [-0.39, 0.29) is 11.6 Å². The molecule has 2 amide bonds. The molecule has 0 fully saturated rings. The normalized spacial score (nSPS) is 13.7. The number of hydrogen-bond acceptors (Lipinski definition) is 6. The average molecular weight is 435 g/mol. The molecule has 158 valence electrons. The summed E-state index contributed by atoms with van der Waals surface area (Å²) in [4.78, 5) is 29.0. The van der Waals surface area contributed by atoms with Crippen LogP contribution < -0.4 is 19.7 Å². The first kappa shape index (κ1) is 20.7. The first-order chi connectivity index (χ1) is 15.0. The molecule has 31 heavy (non-hydrogen) atoms. The van der Waals surface area contributed by atoms with Gasteiger partial charge in [0.25, 0.3) is 11.8 Å². The maximum Gasteiger partial charge on any atom is 0.282 e. The number of ether oxygens (including phenoxy) is 2. The fraction of sp³-hybridized carbons (Fsp3) is 0.167. The molecule has 0 saturated carbocycles. The van der Waals surface area contributed by atoms with Crippen molar-refractivity contribution in [3.63, 3.8) is 0 Å². The minimum atomic E-state index is -0.403. The van der Waals surface area contributed by atoms with E-state index in [0.717, 1.165) is 16.0 Å². The second kappa shape index (κ2) is 8.28. The molecule has 0 aliphatic carbocycles. The van der Waals surface area contributed by atoms with E-state index in [0.29, 0.717) is 28.4 Å². The lowest BCUT2D eigenvalue weighted by Gasteiger charge is -2.19. The van der Waals surface area contributed by atoms with Crippen molar-refractivity contribution in [1.29, 1.82) is 0 Å². The van der Waals surface area contributed by atoms with Crippen LogP contribution in [-0.2, 0) is 9.59 Å². The molecule has 4 rings (SSSR count). The van der Waals surface area contributed by atoms with Crippen molar-refractivity contribution in [1.82, 2.24) is 0 Å². The molecule has 1 aliphatic rings. The number of carbonyl (C=O) groups is 2. The largest absolute Gasteiger partial charge is 0.497 e. The Morgan fingerprint density at radius 3 is 2.42 bits per heavy atom. The third-order valence-corrected chi connectivity index (χ3v) is 6.22. The summed E-state index contributed by atoms with van der Waals surface area (Å²) in [5.41, 5.74) is 3.61. The Balaban J connectivity index is 1.83. The smallest absolute Gasteiger partial charge is 0.282 e. The Labute approximate surface area is 184 Å². The number of anilines is 2. The van der Waals surface area contributed by atoms with Gasteiger partial charge in [-0.05, 0) is 54.6 Å². The number of carbonyl (C=O) groups excluding carboxylic acids is 2. The van der Waals surface area contributed by atoms with Crippen molar-refractivity contribution < 1.29 is 19.1 Å². The van der Waals surface area contributed by atoms with Crippen molar-refractivity contribution >= 4 is 40.1 Å². The molecule has 2 heterocycles. The number of methoxy groups -OCH3 is 2. The van der Waals surface area contributed by atoms with E-state index in [1.165, 1.54) is 16.2 Å². The van der Waals surface area contributed by atoms with Crippen LogP contribution in [0.1, 0.15) is 16.0 Å². The molecule has 1 aromatic heterocycles. The van der Waals surface area contributed by atoms with Gasteiger partial charge in [0, 0.05) is 10.9 Å². The number of amides is 2.